The minimum atomic E-state index is -1.57. The summed E-state index contributed by atoms with van der Waals surface area (Å²) in [6, 6.07) is 4.76. The number of nitrogens with zero attached hydrogens (tertiary/aromatic N) is 1. The van der Waals surface area contributed by atoms with Gasteiger partial charge in [-0.3, -0.25) is 18.7 Å². The normalized spacial score (nSPS) is 18.2. The highest BCUT2D eigenvalue weighted by molar-refractivity contribution is 8.16. The van der Waals surface area contributed by atoms with Crippen molar-refractivity contribution in [3.8, 4) is 5.75 Å². The van der Waals surface area contributed by atoms with Gasteiger partial charge in [0, 0.05) is 22.0 Å². The molecular formula is C20H22FNO6S2. The van der Waals surface area contributed by atoms with Crippen molar-refractivity contribution in [2.24, 2.45) is 5.41 Å². The Labute approximate surface area is 180 Å². The van der Waals surface area contributed by atoms with Crippen molar-refractivity contribution >= 4 is 39.6 Å². The van der Waals surface area contributed by atoms with Gasteiger partial charge < -0.3 is 9.84 Å². The van der Waals surface area contributed by atoms with E-state index in [4.69, 9.17) is 4.74 Å². The largest absolute Gasteiger partial charge is 0.476 e. The number of carbonyl (C=O) groups excluding carboxylic acids is 2. The van der Waals surface area contributed by atoms with Crippen LogP contribution in [0.3, 0.4) is 0 Å². The van der Waals surface area contributed by atoms with Crippen LogP contribution in [0.25, 0.3) is 0 Å². The monoisotopic (exact) mass is 455 g/mol. The lowest BCUT2D eigenvalue weighted by Crippen LogP contribution is -2.56. The molecule has 1 N–H and O–H groups in total. The van der Waals surface area contributed by atoms with Gasteiger partial charge in [0.25, 0.3) is 0 Å². The van der Waals surface area contributed by atoms with Crippen LogP contribution in [0.5, 0.6) is 5.75 Å². The summed E-state index contributed by atoms with van der Waals surface area (Å²) < 4.78 is 31.2. The van der Waals surface area contributed by atoms with Crippen molar-refractivity contribution in [1.29, 1.82) is 0 Å². The third kappa shape index (κ3) is 5.57. The highest BCUT2D eigenvalue weighted by Crippen LogP contribution is 2.37. The van der Waals surface area contributed by atoms with E-state index in [1.807, 2.05) is 0 Å². The van der Waals surface area contributed by atoms with Gasteiger partial charge in [-0.05, 0) is 36.0 Å². The minimum absolute atomic E-state index is 0.0730. The number of carboxylic acid groups (broad SMARTS) is 1. The predicted molar refractivity (Wildman–Crippen MR) is 112 cm³/mol. The Hall–Kier alpha value is -2.46. The van der Waals surface area contributed by atoms with Gasteiger partial charge in [-0.1, -0.05) is 26.8 Å². The van der Waals surface area contributed by atoms with E-state index in [2.05, 4.69) is 6.58 Å². The maximum Gasteiger partial charge on any atom is 0.357 e. The maximum absolute atomic E-state index is 13.2. The van der Waals surface area contributed by atoms with E-state index in [9.17, 15) is 28.1 Å². The van der Waals surface area contributed by atoms with Crippen LogP contribution >= 0.6 is 11.8 Å². The van der Waals surface area contributed by atoms with Crippen molar-refractivity contribution < 1.29 is 32.8 Å². The summed E-state index contributed by atoms with van der Waals surface area (Å²) in [6.07, 6.45) is 1.31. The van der Waals surface area contributed by atoms with E-state index in [1.54, 1.807) is 20.8 Å². The molecule has 30 heavy (non-hydrogen) atoms. The maximum atomic E-state index is 13.2. The fraction of sp³-hybridized carbons (Fsp3) is 0.350. The second-order valence-electron chi connectivity index (χ2n) is 7.40. The van der Waals surface area contributed by atoms with Gasteiger partial charge in [-0.25, -0.2) is 9.18 Å². The Kier molecular flexibility index (Phi) is 7.59. The number of carboxylic acids is 1. The molecule has 1 saturated heterocycles. The summed E-state index contributed by atoms with van der Waals surface area (Å²) in [7, 11) is -1.57. The standard InChI is InChI=1S/C20H22FNO6S2/c1-5-10-30(27)15-11-14(23)22(15)16(17(24)25)18(29-19(26)20(2,3)4)28-13-8-6-12(21)7-9-13/h5-9,15H,1,10-11H2,2-4H3,(H,24,25). The number of halogens is 1. The molecule has 0 aliphatic carbocycles. The zero-order valence-corrected chi connectivity index (χ0v) is 18.3. The third-order valence-corrected chi connectivity index (χ3v) is 6.76. The number of aliphatic carboxylic acids is 1. The van der Waals surface area contributed by atoms with Crippen LogP contribution in [0.4, 0.5) is 4.39 Å². The molecule has 2 unspecified atom stereocenters. The zero-order chi connectivity index (χ0) is 22.6. The molecule has 2 rings (SSSR count). The van der Waals surface area contributed by atoms with Crippen LogP contribution < -0.4 is 4.74 Å². The summed E-state index contributed by atoms with van der Waals surface area (Å²) >= 11 is 0.525. The number of ether oxygens (including phenoxy) is 1. The Balaban J connectivity index is 2.54. The predicted octanol–water partition coefficient (Wildman–Crippen LogP) is 3.26. The van der Waals surface area contributed by atoms with E-state index in [1.165, 1.54) is 18.2 Å². The topological polar surface area (TPSA) is 101 Å². The van der Waals surface area contributed by atoms with E-state index in [0.717, 1.165) is 17.0 Å². The van der Waals surface area contributed by atoms with Crippen LogP contribution in [-0.4, -0.2) is 42.3 Å². The summed E-state index contributed by atoms with van der Waals surface area (Å²) in [6.45, 7) is 8.44. The number of hydrogen-bond donors (Lipinski definition) is 1. The highest BCUT2D eigenvalue weighted by Gasteiger charge is 2.46. The van der Waals surface area contributed by atoms with Crippen LogP contribution in [0.15, 0.2) is 47.7 Å². The molecule has 0 bridgehead atoms. The Morgan fingerprint density at radius 3 is 2.43 bits per heavy atom. The number of amides is 1. The number of thioether (sulfide) groups is 1. The molecule has 0 spiro atoms. The quantitative estimate of drug-likeness (QED) is 0.278. The van der Waals surface area contributed by atoms with E-state index in [0.29, 0.717) is 11.8 Å². The molecule has 1 fully saturated rings. The van der Waals surface area contributed by atoms with Gasteiger partial charge >= 0.3 is 5.97 Å². The first-order chi connectivity index (χ1) is 14.0. The smallest absolute Gasteiger partial charge is 0.357 e. The third-order valence-electron chi connectivity index (χ3n) is 3.95. The first kappa shape index (κ1) is 23.8. The number of likely N-dealkylation sites (tertiary alicyclic amines) is 1. The molecule has 1 aromatic rings. The molecule has 0 aromatic heterocycles. The van der Waals surface area contributed by atoms with Crippen molar-refractivity contribution in [1.82, 2.24) is 4.90 Å². The van der Waals surface area contributed by atoms with Gasteiger partial charge in [-0.15, -0.1) is 6.58 Å². The lowest BCUT2D eigenvalue weighted by molar-refractivity contribution is -0.146. The van der Waals surface area contributed by atoms with Crippen LogP contribution in [0, 0.1) is 11.2 Å². The average Bonchev–Trinajstić information content (AvgIpc) is 2.64. The Morgan fingerprint density at radius 2 is 1.97 bits per heavy atom. The minimum Gasteiger partial charge on any atom is -0.476 e. The lowest BCUT2D eigenvalue weighted by atomic mass is 10.00. The second-order valence-corrected chi connectivity index (χ2v) is 9.98. The van der Waals surface area contributed by atoms with Crippen molar-refractivity contribution in [3.63, 3.8) is 0 Å². The van der Waals surface area contributed by atoms with Crippen LogP contribution in [0.2, 0.25) is 0 Å². The van der Waals surface area contributed by atoms with Gasteiger partial charge in [0.1, 0.15) is 16.9 Å². The molecule has 1 aliphatic rings. The van der Waals surface area contributed by atoms with E-state index >= 15 is 0 Å². The molecule has 162 valence electrons. The van der Waals surface area contributed by atoms with Crippen LogP contribution in [0.1, 0.15) is 27.2 Å². The molecule has 1 heterocycles. The molecular weight excluding hydrogens is 433 g/mol. The summed E-state index contributed by atoms with van der Waals surface area (Å²) in [5, 5.41) is 8.19. The Bertz CT molecular complexity index is 920. The van der Waals surface area contributed by atoms with Crippen molar-refractivity contribution in [3.05, 3.63) is 53.5 Å². The number of hydrogen-bond acceptors (Lipinski definition) is 6. The molecule has 0 saturated carbocycles. The number of rotatable bonds is 8. The number of benzene rings is 1. The van der Waals surface area contributed by atoms with E-state index in [-0.39, 0.29) is 23.0 Å². The van der Waals surface area contributed by atoms with Gasteiger partial charge in [0.05, 0.1) is 6.42 Å². The molecule has 0 radical (unpaired) electrons. The summed E-state index contributed by atoms with van der Waals surface area (Å²) in [5.41, 5.74) is -1.42. The van der Waals surface area contributed by atoms with Crippen molar-refractivity contribution in [2.75, 3.05) is 5.75 Å². The second kappa shape index (κ2) is 9.57. The molecule has 1 aliphatic heterocycles. The van der Waals surface area contributed by atoms with Gasteiger partial charge in [-0.2, -0.15) is 0 Å². The lowest BCUT2D eigenvalue weighted by Gasteiger charge is -2.39. The zero-order valence-electron chi connectivity index (χ0n) is 16.7. The fourth-order valence-corrected chi connectivity index (χ4v) is 4.48. The highest BCUT2D eigenvalue weighted by atomic mass is 32.2. The number of β-lactam (4-membered cyclic amide) rings is 1. The molecule has 1 amide bonds. The number of carbonyl (C=O) groups is 3. The van der Waals surface area contributed by atoms with Crippen LogP contribution in [-0.2, 0) is 25.2 Å². The SMILES string of the molecule is C=CCS(=O)C1CC(=O)N1C(C(=O)O)=C(Oc1ccc(F)cc1)SC(=O)C(C)(C)C. The summed E-state index contributed by atoms with van der Waals surface area (Å²) in [4.78, 5) is 37.8. The van der Waals surface area contributed by atoms with Gasteiger partial charge in [0.15, 0.2) is 10.8 Å². The first-order valence-corrected chi connectivity index (χ1v) is 11.1. The average molecular weight is 456 g/mol. The Morgan fingerprint density at radius 1 is 1.37 bits per heavy atom. The first-order valence-electron chi connectivity index (χ1n) is 8.89. The molecule has 7 nitrogen and oxygen atoms in total. The summed E-state index contributed by atoms with van der Waals surface area (Å²) in [5.74, 6) is -2.45. The van der Waals surface area contributed by atoms with Crippen molar-refractivity contribution in [2.45, 2.75) is 32.6 Å². The molecule has 10 heteroatoms. The van der Waals surface area contributed by atoms with E-state index < -0.39 is 50.1 Å². The molecule has 1 aromatic carbocycles. The molecule has 2 atom stereocenters. The fourth-order valence-electron chi connectivity index (χ4n) is 2.35. The van der Waals surface area contributed by atoms with Gasteiger partial charge in [0.2, 0.25) is 11.0 Å².